The molecule has 1 heterocycles. The Bertz CT molecular complexity index is 409. The van der Waals surface area contributed by atoms with Gasteiger partial charge in [0.25, 0.3) is 0 Å². The van der Waals surface area contributed by atoms with Crippen LogP contribution in [0.3, 0.4) is 0 Å². The van der Waals surface area contributed by atoms with Crippen LogP contribution in [-0.2, 0) is 9.53 Å². The Kier molecular flexibility index (Phi) is 2.26. The van der Waals surface area contributed by atoms with Crippen molar-refractivity contribution >= 4 is 5.97 Å². The molecule has 2 aliphatic carbocycles. The fourth-order valence-electron chi connectivity index (χ4n) is 4.17. The van der Waals surface area contributed by atoms with Gasteiger partial charge in [0.15, 0.2) is 0 Å². The third-order valence-electron chi connectivity index (χ3n) is 5.36. The zero-order valence-electron chi connectivity index (χ0n) is 10.5. The average Bonchev–Trinajstić information content (AvgIpc) is 2.76. The second-order valence-corrected chi connectivity index (χ2v) is 6.04. The summed E-state index contributed by atoms with van der Waals surface area (Å²) >= 11 is 0. The van der Waals surface area contributed by atoms with Crippen LogP contribution in [0.4, 0.5) is 0 Å². The molecule has 1 spiro atoms. The fourth-order valence-corrected chi connectivity index (χ4v) is 4.17. The van der Waals surface area contributed by atoms with Crippen molar-refractivity contribution in [2.45, 2.75) is 45.1 Å². The number of fused-ring (bicyclic) bond motifs is 1. The molecule has 3 rings (SSSR count). The molecule has 0 N–H and O–H groups in total. The molecule has 0 amide bonds. The molecule has 92 valence electrons. The van der Waals surface area contributed by atoms with E-state index in [9.17, 15) is 4.79 Å². The summed E-state index contributed by atoms with van der Waals surface area (Å²) in [6, 6.07) is 0. The Morgan fingerprint density at radius 2 is 2.18 bits per heavy atom. The molecule has 2 heteroatoms. The SMILES string of the molecule is C=C1C(=O)OC2CC(=C)C3(CCCC3C)CC12. The minimum absolute atomic E-state index is 0.0286. The first-order chi connectivity index (χ1) is 8.04. The van der Waals surface area contributed by atoms with E-state index >= 15 is 0 Å². The van der Waals surface area contributed by atoms with Crippen LogP contribution in [0.2, 0.25) is 0 Å². The van der Waals surface area contributed by atoms with E-state index in [1.54, 1.807) is 0 Å². The van der Waals surface area contributed by atoms with Crippen LogP contribution in [0.25, 0.3) is 0 Å². The van der Waals surface area contributed by atoms with Crippen molar-refractivity contribution in [3.63, 3.8) is 0 Å². The molecule has 4 unspecified atom stereocenters. The zero-order valence-corrected chi connectivity index (χ0v) is 10.5. The third-order valence-corrected chi connectivity index (χ3v) is 5.36. The van der Waals surface area contributed by atoms with Crippen LogP contribution >= 0.6 is 0 Å². The van der Waals surface area contributed by atoms with E-state index in [0.29, 0.717) is 11.5 Å². The Labute approximate surface area is 103 Å². The quantitative estimate of drug-likeness (QED) is 0.364. The highest BCUT2D eigenvalue weighted by atomic mass is 16.6. The molecule has 4 atom stereocenters. The van der Waals surface area contributed by atoms with Gasteiger partial charge in [0.05, 0.1) is 0 Å². The molecule has 1 aliphatic heterocycles. The maximum Gasteiger partial charge on any atom is 0.334 e. The van der Waals surface area contributed by atoms with Crippen molar-refractivity contribution in [3.05, 3.63) is 24.3 Å². The lowest BCUT2D eigenvalue weighted by Crippen LogP contribution is -2.38. The van der Waals surface area contributed by atoms with Gasteiger partial charge in [-0.15, -0.1) is 0 Å². The molecule has 0 radical (unpaired) electrons. The highest BCUT2D eigenvalue weighted by Gasteiger charge is 2.53. The lowest BCUT2D eigenvalue weighted by atomic mass is 9.60. The second-order valence-electron chi connectivity index (χ2n) is 6.04. The summed E-state index contributed by atoms with van der Waals surface area (Å²) in [7, 11) is 0. The monoisotopic (exact) mass is 232 g/mol. The smallest absolute Gasteiger partial charge is 0.334 e. The molecule has 3 fully saturated rings. The predicted octanol–water partition coefficient (Wildman–Crippen LogP) is 3.24. The standard InChI is InChI=1S/C15H20O2/c1-9-5-4-6-15(9)8-12-11(3)14(16)17-13(12)7-10(15)2/h9,12-13H,2-8H2,1H3. The Hall–Kier alpha value is -1.05. The summed E-state index contributed by atoms with van der Waals surface area (Å²) in [5.74, 6) is 0.753. The highest BCUT2D eigenvalue weighted by molar-refractivity contribution is 5.91. The maximum absolute atomic E-state index is 11.6. The van der Waals surface area contributed by atoms with Gasteiger partial charge >= 0.3 is 5.97 Å². The molecule has 1 saturated heterocycles. The van der Waals surface area contributed by atoms with E-state index in [4.69, 9.17) is 4.74 Å². The van der Waals surface area contributed by atoms with E-state index < -0.39 is 0 Å². The van der Waals surface area contributed by atoms with Gasteiger partial charge < -0.3 is 4.74 Å². The summed E-state index contributed by atoms with van der Waals surface area (Å²) < 4.78 is 5.39. The fraction of sp³-hybridized carbons (Fsp3) is 0.667. The van der Waals surface area contributed by atoms with Gasteiger partial charge in [-0.2, -0.15) is 0 Å². The topological polar surface area (TPSA) is 26.3 Å². The van der Waals surface area contributed by atoms with E-state index in [1.165, 1.54) is 24.8 Å². The summed E-state index contributed by atoms with van der Waals surface area (Å²) in [5.41, 5.74) is 2.27. The van der Waals surface area contributed by atoms with Crippen LogP contribution in [0, 0.1) is 17.3 Å². The number of hydrogen-bond acceptors (Lipinski definition) is 2. The molecule has 2 nitrogen and oxygen atoms in total. The van der Waals surface area contributed by atoms with Crippen LogP contribution in [-0.4, -0.2) is 12.1 Å². The van der Waals surface area contributed by atoms with Crippen molar-refractivity contribution in [2.75, 3.05) is 0 Å². The van der Waals surface area contributed by atoms with Gasteiger partial charge in [-0.25, -0.2) is 4.79 Å². The van der Waals surface area contributed by atoms with Crippen molar-refractivity contribution in [2.24, 2.45) is 17.3 Å². The number of carbonyl (C=O) groups excluding carboxylic acids is 1. The van der Waals surface area contributed by atoms with Crippen LogP contribution in [0.5, 0.6) is 0 Å². The zero-order chi connectivity index (χ0) is 12.2. The summed E-state index contributed by atoms with van der Waals surface area (Å²) in [5, 5.41) is 0. The van der Waals surface area contributed by atoms with Crippen LogP contribution in [0.15, 0.2) is 24.3 Å². The summed E-state index contributed by atoms with van der Waals surface area (Å²) in [6.45, 7) is 10.5. The number of hydrogen-bond donors (Lipinski definition) is 0. The van der Waals surface area contributed by atoms with Gasteiger partial charge in [0.1, 0.15) is 6.10 Å². The van der Waals surface area contributed by atoms with Crippen molar-refractivity contribution in [1.29, 1.82) is 0 Å². The third kappa shape index (κ3) is 1.36. The summed E-state index contributed by atoms with van der Waals surface area (Å²) in [6.07, 6.45) is 5.72. The normalized spacial score (nSPS) is 45.2. The van der Waals surface area contributed by atoms with Gasteiger partial charge in [0, 0.05) is 17.9 Å². The van der Waals surface area contributed by atoms with Gasteiger partial charge in [-0.1, -0.05) is 32.1 Å². The molecule has 0 aromatic rings. The van der Waals surface area contributed by atoms with E-state index in [0.717, 1.165) is 12.8 Å². The Morgan fingerprint density at radius 3 is 2.82 bits per heavy atom. The number of carbonyl (C=O) groups is 1. The average molecular weight is 232 g/mol. The molecule has 0 aromatic carbocycles. The van der Waals surface area contributed by atoms with Gasteiger partial charge in [-0.05, 0) is 30.6 Å². The van der Waals surface area contributed by atoms with Gasteiger partial charge in [0.2, 0.25) is 0 Å². The predicted molar refractivity (Wildman–Crippen MR) is 66.3 cm³/mol. The van der Waals surface area contributed by atoms with Crippen molar-refractivity contribution in [3.8, 4) is 0 Å². The minimum Gasteiger partial charge on any atom is -0.458 e. The minimum atomic E-state index is -0.185. The Balaban J connectivity index is 1.93. The van der Waals surface area contributed by atoms with Gasteiger partial charge in [-0.3, -0.25) is 0 Å². The number of ether oxygens (including phenoxy) is 1. The largest absolute Gasteiger partial charge is 0.458 e. The maximum atomic E-state index is 11.6. The molecule has 3 aliphatic rings. The molecule has 0 aromatic heterocycles. The van der Waals surface area contributed by atoms with Crippen LogP contribution < -0.4 is 0 Å². The van der Waals surface area contributed by atoms with E-state index in [-0.39, 0.29) is 23.4 Å². The molecule has 17 heavy (non-hydrogen) atoms. The second kappa shape index (κ2) is 3.47. The first-order valence-electron chi connectivity index (χ1n) is 6.62. The van der Waals surface area contributed by atoms with Crippen molar-refractivity contribution < 1.29 is 9.53 Å². The molecule has 0 bridgehead atoms. The lowest BCUT2D eigenvalue weighted by Gasteiger charge is -2.44. The van der Waals surface area contributed by atoms with Crippen molar-refractivity contribution in [1.82, 2.24) is 0 Å². The van der Waals surface area contributed by atoms with Crippen LogP contribution in [0.1, 0.15) is 39.0 Å². The summed E-state index contributed by atoms with van der Waals surface area (Å²) in [4.78, 5) is 11.6. The van der Waals surface area contributed by atoms with E-state index in [1.807, 2.05) is 0 Å². The first-order valence-corrected chi connectivity index (χ1v) is 6.62. The highest BCUT2D eigenvalue weighted by Crippen LogP contribution is 2.58. The lowest BCUT2D eigenvalue weighted by molar-refractivity contribution is -0.139. The number of esters is 1. The molecular weight excluding hydrogens is 212 g/mol. The van der Waals surface area contributed by atoms with E-state index in [2.05, 4.69) is 20.1 Å². The molecule has 2 saturated carbocycles. The number of rotatable bonds is 0. The Morgan fingerprint density at radius 1 is 1.41 bits per heavy atom. The molecular formula is C15H20O2. The first kappa shape index (κ1) is 11.1.